The van der Waals surface area contributed by atoms with Crippen LogP contribution in [0.3, 0.4) is 0 Å². The second kappa shape index (κ2) is 11.0. The Hall–Kier alpha value is -2.37. The fraction of sp³-hybridized carbons (Fsp3) is 0.609. The summed E-state index contributed by atoms with van der Waals surface area (Å²) >= 11 is 0. The lowest BCUT2D eigenvalue weighted by atomic mass is 9.82. The molecule has 0 saturated heterocycles. The second-order valence-electron chi connectivity index (χ2n) is 8.44. The van der Waals surface area contributed by atoms with Crippen molar-refractivity contribution in [2.45, 2.75) is 65.8 Å². The number of carbonyl (C=O) groups is 3. The topological polar surface area (TPSA) is 84.5 Å². The molecular weight excluding hydrogens is 368 g/mol. The van der Waals surface area contributed by atoms with Crippen molar-refractivity contribution >= 4 is 23.5 Å². The SMILES string of the molecule is CCOC(=O)c1cccc(NC(=O)[C@@H](CC(C)C)NC(=O)C2CCC(C)CC2)c1. The predicted molar refractivity (Wildman–Crippen MR) is 114 cm³/mol. The van der Waals surface area contributed by atoms with Crippen LogP contribution in [0.1, 0.15) is 70.2 Å². The highest BCUT2D eigenvalue weighted by atomic mass is 16.5. The number of ether oxygens (including phenoxy) is 1. The number of carbonyl (C=O) groups excluding carboxylic acids is 3. The van der Waals surface area contributed by atoms with E-state index >= 15 is 0 Å². The summed E-state index contributed by atoms with van der Waals surface area (Å²) in [4.78, 5) is 37.5. The summed E-state index contributed by atoms with van der Waals surface area (Å²) in [6, 6.07) is 6.05. The number of amides is 2. The number of benzene rings is 1. The third kappa shape index (κ3) is 7.18. The lowest BCUT2D eigenvalue weighted by Crippen LogP contribution is -2.47. The van der Waals surface area contributed by atoms with E-state index in [4.69, 9.17) is 4.74 Å². The first kappa shape index (κ1) is 22.9. The number of hydrogen-bond donors (Lipinski definition) is 2. The van der Waals surface area contributed by atoms with Gasteiger partial charge in [0, 0.05) is 11.6 Å². The molecule has 2 amide bonds. The van der Waals surface area contributed by atoms with E-state index in [1.165, 1.54) is 0 Å². The van der Waals surface area contributed by atoms with Crippen LogP contribution in [0.4, 0.5) is 5.69 Å². The van der Waals surface area contributed by atoms with Gasteiger partial charge in [-0.2, -0.15) is 0 Å². The lowest BCUT2D eigenvalue weighted by molar-refractivity contribution is -0.130. The molecule has 1 saturated carbocycles. The van der Waals surface area contributed by atoms with Crippen molar-refractivity contribution in [3.63, 3.8) is 0 Å². The normalized spacial score (nSPS) is 20.0. The van der Waals surface area contributed by atoms with Crippen LogP contribution in [0.2, 0.25) is 0 Å². The molecule has 6 heteroatoms. The number of rotatable bonds is 8. The van der Waals surface area contributed by atoms with Crippen LogP contribution in [0.15, 0.2) is 24.3 Å². The van der Waals surface area contributed by atoms with Crippen molar-refractivity contribution in [1.29, 1.82) is 0 Å². The Bertz CT molecular complexity index is 709. The van der Waals surface area contributed by atoms with E-state index in [-0.39, 0.29) is 30.3 Å². The van der Waals surface area contributed by atoms with Gasteiger partial charge in [-0.25, -0.2) is 4.79 Å². The molecule has 0 aromatic heterocycles. The van der Waals surface area contributed by atoms with Crippen LogP contribution >= 0.6 is 0 Å². The first-order valence-corrected chi connectivity index (χ1v) is 10.7. The summed E-state index contributed by atoms with van der Waals surface area (Å²) in [6.07, 6.45) is 4.42. The molecule has 0 radical (unpaired) electrons. The summed E-state index contributed by atoms with van der Waals surface area (Å²) in [5, 5.41) is 5.81. The maximum atomic E-state index is 12.9. The molecule has 29 heavy (non-hydrogen) atoms. The fourth-order valence-corrected chi connectivity index (χ4v) is 3.68. The molecule has 1 aliphatic rings. The number of hydrogen-bond acceptors (Lipinski definition) is 4. The molecule has 0 aliphatic heterocycles. The highest BCUT2D eigenvalue weighted by Crippen LogP contribution is 2.28. The first-order valence-electron chi connectivity index (χ1n) is 10.7. The summed E-state index contributed by atoms with van der Waals surface area (Å²) in [5.41, 5.74) is 0.889. The van der Waals surface area contributed by atoms with Crippen LogP contribution < -0.4 is 10.6 Å². The quantitative estimate of drug-likeness (QED) is 0.640. The standard InChI is InChI=1S/C23H34N2O4/c1-5-29-23(28)18-7-6-8-19(14-18)24-22(27)20(13-15(2)3)25-21(26)17-11-9-16(4)10-12-17/h6-8,14-17,20H,5,9-13H2,1-4H3,(H,24,27)(H,25,26)/t16?,17?,20-/m1/s1. The van der Waals surface area contributed by atoms with Crippen molar-refractivity contribution in [3.05, 3.63) is 29.8 Å². The Labute approximate surface area is 173 Å². The lowest BCUT2D eigenvalue weighted by Gasteiger charge is -2.28. The molecule has 2 N–H and O–H groups in total. The zero-order valence-electron chi connectivity index (χ0n) is 18.0. The van der Waals surface area contributed by atoms with Gasteiger partial charge in [-0.05, 0) is 69.1 Å². The van der Waals surface area contributed by atoms with Gasteiger partial charge in [-0.3, -0.25) is 9.59 Å². The smallest absolute Gasteiger partial charge is 0.338 e. The van der Waals surface area contributed by atoms with Crippen LogP contribution in [0.25, 0.3) is 0 Å². The van der Waals surface area contributed by atoms with Gasteiger partial charge in [0.05, 0.1) is 12.2 Å². The average Bonchev–Trinajstić information content (AvgIpc) is 2.68. The summed E-state index contributed by atoms with van der Waals surface area (Å²) < 4.78 is 5.01. The molecule has 0 unspecified atom stereocenters. The Morgan fingerprint density at radius 2 is 1.83 bits per heavy atom. The predicted octanol–water partition coefficient (Wildman–Crippen LogP) is 4.16. The Morgan fingerprint density at radius 3 is 2.45 bits per heavy atom. The minimum Gasteiger partial charge on any atom is -0.462 e. The molecule has 2 rings (SSSR count). The largest absolute Gasteiger partial charge is 0.462 e. The van der Waals surface area contributed by atoms with Gasteiger partial charge in [0.15, 0.2) is 0 Å². The number of anilines is 1. The van der Waals surface area contributed by atoms with Crippen LogP contribution in [-0.4, -0.2) is 30.4 Å². The maximum Gasteiger partial charge on any atom is 0.338 e. The van der Waals surface area contributed by atoms with E-state index < -0.39 is 12.0 Å². The van der Waals surface area contributed by atoms with Gasteiger partial charge >= 0.3 is 5.97 Å². The van der Waals surface area contributed by atoms with Crippen molar-refractivity contribution in [2.24, 2.45) is 17.8 Å². The molecular formula is C23H34N2O4. The molecule has 1 aromatic carbocycles. The third-order valence-corrected chi connectivity index (χ3v) is 5.37. The van der Waals surface area contributed by atoms with E-state index in [1.54, 1.807) is 31.2 Å². The highest BCUT2D eigenvalue weighted by molar-refractivity contribution is 5.98. The van der Waals surface area contributed by atoms with Crippen molar-refractivity contribution in [1.82, 2.24) is 5.32 Å². The monoisotopic (exact) mass is 402 g/mol. The molecule has 0 heterocycles. The molecule has 1 atom stereocenters. The minimum absolute atomic E-state index is 0.0131. The maximum absolute atomic E-state index is 12.9. The summed E-state index contributed by atoms with van der Waals surface area (Å²) in [5.74, 6) is 0.182. The first-order chi connectivity index (χ1) is 13.8. The van der Waals surface area contributed by atoms with E-state index in [0.29, 0.717) is 23.6 Å². The zero-order chi connectivity index (χ0) is 21.4. The van der Waals surface area contributed by atoms with Gasteiger partial charge < -0.3 is 15.4 Å². The van der Waals surface area contributed by atoms with Gasteiger partial charge in [-0.1, -0.05) is 26.8 Å². The molecule has 0 bridgehead atoms. The highest BCUT2D eigenvalue weighted by Gasteiger charge is 2.28. The van der Waals surface area contributed by atoms with Gasteiger partial charge in [-0.15, -0.1) is 0 Å². The molecule has 1 fully saturated rings. The van der Waals surface area contributed by atoms with E-state index in [0.717, 1.165) is 25.7 Å². The molecule has 1 aromatic rings. The van der Waals surface area contributed by atoms with E-state index in [2.05, 4.69) is 17.6 Å². The van der Waals surface area contributed by atoms with E-state index in [9.17, 15) is 14.4 Å². The summed E-state index contributed by atoms with van der Waals surface area (Å²) in [7, 11) is 0. The number of nitrogens with one attached hydrogen (secondary N) is 2. The Morgan fingerprint density at radius 1 is 1.14 bits per heavy atom. The Kier molecular flexibility index (Phi) is 8.68. The van der Waals surface area contributed by atoms with E-state index in [1.807, 2.05) is 13.8 Å². The van der Waals surface area contributed by atoms with Gasteiger partial charge in [0.25, 0.3) is 0 Å². The van der Waals surface area contributed by atoms with Crippen LogP contribution in [-0.2, 0) is 14.3 Å². The second-order valence-corrected chi connectivity index (χ2v) is 8.44. The fourth-order valence-electron chi connectivity index (χ4n) is 3.68. The zero-order valence-corrected chi connectivity index (χ0v) is 18.0. The molecule has 6 nitrogen and oxygen atoms in total. The van der Waals surface area contributed by atoms with Gasteiger partial charge in [0.1, 0.15) is 6.04 Å². The van der Waals surface area contributed by atoms with Crippen molar-refractivity contribution in [2.75, 3.05) is 11.9 Å². The minimum atomic E-state index is -0.604. The number of esters is 1. The van der Waals surface area contributed by atoms with Crippen LogP contribution in [0.5, 0.6) is 0 Å². The van der Waals surface area contributed by atoms with Crippen molar-refractivity contribution < 1.29 is 19.1 Å². The molecule has 160 valence electrons. The average molecular weight is 403 g/mol. The third-order valence-electron chi connectivity index (χ3n) is 5.37. The summed E-state index contributed by atoms with van der Waals surface area (Å²) in [6.45, 7) is 8.30. The Balaban J connectivity index is 2.04. The van der Waals surface area contributed by atoms with Crippen LogP contribution in [0, 0.1) is 17.8 Å². The molecule has 0 spiro atoms. The molecule has 1 aliphatic carbocycles. The van der Waals surface area contributed by atoms with Crippen molar-refractivity contribution in [3.8, 4) is 0 Å². The van der Waals surface area contributed by atoms with Gasteiger partial charge in [0.2, 0.25) is 11.8 Å².